The highest BCUT2D eigenvalue weighted by molar-refractivity contribution is 7.99. The summed E-state index contributed by atoms with van der Waals surface area (Å²) in [6.45, 7) is 0.954. The zero-order valence-electron chi connectivity index (χ0n) is 12.6. The maximum absolute atomic E-state index is 11.5. The molecule has 1 aromatic rings. The van der Waals surface area contributed by atoms with Gasteiger partial charge < -0.3 is 5.32 Å². The fraction of sp³-hybridized carbons (Fsp3) is 0.562. The molecule has 0 aliphatic heterocycles. The number of thioether (sulfide) groups is 1. The number of nitrogens with zero attached hydrogens (tertiary/aromatic N) is 1. The number of rotatable bonds is 5. The molecule has 2 atom stereocenters. The Morgan fingerprint density at radius 3 is 2.65 bits per heavy atom. The van der Waals surface area contributed by atoms with E-state index in [0.29, 0.717) is 6.04 Å². The van der Waals surface area contributed by atoms with Crippen LogP contribution in [0, 0.1) is 0 Å². The van der Waals surface area contributed by atoms with Crippen LogP contribution in [0.2, 0.25) is 0 Å². The van der Waals surface area contributed by atoms with Gasteiger partial charge in [0.05, 0.1) is 0 Å². The van der Waals surface area contributed by atoms with Crippen LogP contribution < -0.4 is 5.32 Å². The molecule has 1 aliphatic carbocycles. The first-order valence-electron chi connectivity index (χ1n) is 7.19. The first-order chi connectivity index (χ1) is 9.65. The van der Waals surface area contributed by atoms with Gasteiger partial charge in [0, 0.05) is 30.4 Å². The molecule has 1 amide bonds. The summed E-state index contributed by atoms with van der Waals surface area (Å²) in [6, 6.07) is 8.61. The summed E-state index contributed by atoms with van der Waals surface area (Å²) in [5.41, 5.74) is 1.99. The molecule has 1 aliphatic rings. The van der Waals surface area contributed by atoms with Crippen molar-refractivity contribution in [2.75, 3.05) is 20.4 Å². The van der Waals surface area contributed by atoms with E-state index < -0.39 is 0 Å². The van der Waals surface area contributed by atoms with E-state index in [1.807, 2.05) is 23.9 Å². The Morgan fingerprint density at radius 2 is 2.05 bits per heavy atom. The second-order valence-corrected chi connectivity index (χ2v) is 6.54. The van der Waals surface area contributed by atoms with Gasteiger partial charge in [0.15, 0.2) is 0 Å². The molecule has 1 fully saturated rings. The summed E-state index contributed by atoms with van der Waals surface area (Å²) in [7, 11) is 3.87. The monoisotopic (exact) mass is 292 g/mol. The fourth-order valence-corrected chi connectivity index (χ4v) is 4.06. The van der Waals surface area contributed by atoms with Crippen LogP contribution in [0.3, 0.4) is 0 Å². The van der Waals surface area contributed by atoms with Crippen LogP contribution in [0.5, 0.6) is 0 Å². The molecule has 4 heteroatoms. The van der Waals surface area contributed by atoms with Crippen LogP contribution in [0.15, 0.2) is 24.3 Å². The van der Waals surface area contributed by atoms with Crippen molar-refractivity contribution in [2.45, 2.75) is 37.1 Å². The number of carbonyl (C=O) groups excluding carboxylic acids is 1. The molecule has 0 saturated heterocycles. The van der Waals surface area contributed by atoms with E-state index in [9.17, 15) is 4.79 Å². The highest BCUT2D eigenvalue weighted by Crippen LogP contribution is 2.32. The summed E-state index contributed by atoms with van der Waals surface area (Å²) in [5, 5.41) is 3.42. The quantitative estimate of drug-likeness (QED) is 0.905. The second-order valence-electron chi connectivity index (χ2n) is 5.46. The number of nitrogens with one attached hydrogen (secondary N) is 1. The maximum atomic E-state index is 11.5. The lowest BCUT2D eigenvalue weighted by Gasteiger charge is -2.28. The van der Waals surface area contributed by atoms with Gasteiger partial charge in [0.1, 0.15) is 0 Å². The van der Waals surface area contributed by atoms with Gasteiger partial charge in [-0.15, -0.1) is 0 Å². The Labute approximate surface area is 126 Å². The van der Waals surface area contributed by atoms with Crippen molar-refractivity contribution in [3.8, 4) is 0 Å². The summed E-state index contributed by atoms with van der Waals surface area (Å²) in [4.78, 5) is 14.0. The van der Waals surface area contributed by atoms with E-state index in [1.165, 1.54) is 24.8 Å². The Hall–Kier alpha value is -1.00. The van der Waals surface area contributed by atoms with Crippen LogP contribution >= 0.6 is 11.8 Å². The lowest BCUT2D eigenvalue weighted by molar-refractivity contribution is 0.0963. The maximum Gasteiger partial charge on any atom is 0.251 e. The smallest absolute Gasteiger partial charge is 0.251 e. The lowest BCUT2D eigenvalue weighted by Crippen LogP contribution is -2.35. The van der Waals surface area contributed by atoms with Gasteiger partial charge in [-0.3, -0.25) is 9.69 Å². The summed E-state index contributed by atoms with van der Waals surface area (Å²) in [5.74, 6) is -0.0249. The molecule has 1 saturated carbocycles. The van der Waals surface area contributed by atoms with Crippen molar-refractivity contribution in [3.63, 3.8) is 0 Å². The van der Waals surface area contributed by atoms with Gasteiger partial charge in [0.2, 0.25) is 0 Å². The average molecular weight is 292 g/mol. The first-order valence-corrected chi connectivity index (χ1v) is 8.48. The van der Waals surface area contributed by atoms with Crippen molar-refractivity contribution in [1.82, 2.24) is 10.2 Å². The number of hydrogen-bond acceptors (Lipinski definition) is 3. The number of hydrogen-bond donors (Lipinski definition) is 1. The van der Waals surface area contributed by atoms with Crippen molar-refractivity contribution < 1.29 is 4.79 Å². The molecular weight excluding hydrogens is 268 g/mol. The standard InChI is InChI=1S/C16H24N2OS/c1-17-16(19)13-9-7-12(8-10-13)11-18(2)14-5-4-6-15(14)20-3/h7-10,14-15H,4-6,11H2,1-3H3,(H,17,19)/t14-,15+/m1/s1. The number of benzene rings is 1. The van der Waals surface area contributed by atoms with E-state index in [0.717, 1.165) is 17.4 Å². The average Bonchev–Trinajstić information content (AvgIpc) is 2.95. The molecule has 0 unspecified atom stereocenters. The molecule has 1 aromatic carbocycles. The Kier molecular flexibility index (Phi) is 5.49. The molecular formula is C16H24N2OS. The van der Waals surface area contributed by atoms with Crippen LogP contribution in [-0.2, 0) is 6.54 Å². The normalized spacial score (nSPS) is 22.2. The van der Waals surface area contributed by atoms with Crippen molar-refractivity contribution in [1.29, 1.82) is 0 Å². The summed E-state index contributed by atoms with van der Waals surface area (Å²) < 4.78 is 0. The SMILES string of the molecule is CNC(=O)c1ccc(CN(C)[C@@H]2CCC[C@@H]2SC)cc1. The molecule has 3 nitrogen and oxygen atoms in total. The molecule has 20 heavy (non-hydrogen) atoms. The van der Waals surface area contributed by atoms with E-state index in [-0.39, 0.29) is 5.91 Å². The molecule has 0 heterocycles. The van der Waals surface area contributed by atoms with Gasteiger partial charge >= 0.3 is 0 Å². The van der Waals surface area contributed by atoms with Crippen molar-refractivity contribution >= 4 is 17.7 Å². The number of amides is 1. The Morgan fingerprint density at radius 1 is 1.35 bits per heavy atom. The van der Waals surface area contributed by atoms with Gasteiger partial charge in [0.25, 0.3) is 5.91 Å². The third-order valence-corrected chi connectivity index (χ3v) is 5.32. The van der Waals surface area contributed by atoms with Crippen LogP contribution in [0.4, 0.5) is 0 Å². The van der Waals surface area contributed by atoms with Crippen molar-refractivity contribution in [2.24, 2.45) is 0 Å². The van der Waals surface area contributed by atoms with Crippen molar-refractivity contribution in [3.05, 3.63) is 35.4 Å². The van der Waals surface area contributed by atoms with E-state index in [2.05, 4.69) is 35.7 Å². The largest absolute Gasteiger partial charge is 0.355 e. The zero-order chi connectivity index (χ0) is 14.5. The summed E-state index contributed by atoms with van der Waals surface area (Å²) >= 11 is 1.99. The topological polar surface area (TPSA) is 32.3 Å². The van der Waals surface area contributed by atoms with E-state index >= 15 is 0 Å². The molecule has 0 aromatic heterocycles. The number of carbonyl (C=O) groups is 1. The van der Waals surface area contributed by atoms with Gasteiger partial charge in [-0.25, -0.2) is 0 Å². The lowest BCUT2D eigenvalue weighted by atomic mass is 10.1. The predicted molar refractivity (Wildman–Crippen MR) is 86.2 cm³/mol. The fourth-order valence-electron chi connectivity index (χ4n) is 3.00. The first kappa shape index (κ1) is 15.4. The third kappa shape index (κ3) is 3.55. The van der Waals surface area contributed by atoms with Gasteiger partial charge in [-0.1, -0.05) is 18.6 Å². The van der Waals surface area contributed by atoms with Crippen LogP contribution in [-0.4, -0.2) is 42.4 Å². The molecule has 2 rings (SSSR count). The predicted octanol–water partition coefficient (Wildman–Crippen LogP) is 2.76. The molecule has 0 bridgehead atoms. The molecule has 0 spiro atoms. The molecule has 110 valence electrons. The zero-order valence-corrected chi connectivity index (χ0v) is 13.4. The second kappa shape index (κ2) is 7.14. The van der Waals surface area contributed by atoms with Crippen LogP contribution in [0.25, 0.3) is 0 Å². The minimum absolute atomic E-state index is 0.0249. The minimum atomic E-state index is -0.0249. The van der Waals surface area contributed by atoms with Gasteiger partial charge in [-0.05, 0) is 43.8 Å². The Bertz CT molecular complexity index is 446. The van der Waals surface area contributed by atoms with Gasteiger partial charge in [-0.2, -0.15) is 11.8 Å². The highest BCUT2D eigenvalue weighted by Gasteiger charge is 2.29. The van der Waals surface area contributed by atoms with E-state index in [4.69, 9.17) is 0 Å². The molecule has 1 N–H and O–H groups in total. The minimum Gasteiger partial charge on any atom is -0.355 e. The third-order valence-electron chi connectivity index (χ3n) is 4.16. The summed E-state index contributed by atoms with van der Waals surface area (Å²) in [6.07, 6.45) is 6.20. The molecule has 0 radical (unpaired) electrons. The van der Waals surface area contributed by atoms with Crippen LogP contribution in [0.1, 0.15) is 35.2 Å². The highest BCUT2D eigenvalue weighted by atomic mass is 32.2. The van der Waals surface area contributed by atoms with E-state index in [1.54, 1.807) is 7.05 Å². The Balaban J connectivity index is 1.97.